The van der Waals surface area contributed by atoms with Gasteiger partial charge in [-0.2, -0.15) is 18.2 Å². The summed E-state index contributed by atoms with van der Waals surface area (Å²) in [5, 5.41) is 5.96. The Kier molecular flexibility index (Phi) is 12.6. The number of fused-ring (bicyclic) bond motifs is 6. The van der Waals surface area contributed by atoms with E-state index < -0.39 is 32.3 Å². The maximum Gasteiger partial charge on any atom is 0.268 e. The molecule has 0 N–H and O–H groups in total. The molecule has 0 atom stereocenters. The Labute approximate surface area is 525 Å². The van der Waals surface area contributed by atoms with Gasteiger partial charge in [0, 0.05) is 44.3 Å². The third kappa shape index (κ3) is 10.2. The van der Waals surface area contributed by atoms with Gasteiger partial charge in [0.15, 0.2) is 0 Å². The van der Waals surface area contributed by atoms with E-state index in [2.05, 4.69) is 178 Å². The van der Waals surface area contributed by atoms with Crippen molar-refractivity contribution in [3.8, 4) is 62.1 Å². The molecular weight excluding hydrogens is 1270 g/mol. The molecule has 0 radical (unpaired) electrons. The van der Waals surface area contributed by atoms with Gasteiger partial charge < -0.3 is 13.9 Å². The van der Waals surface area contributed by atoms with Gasteiger partial charge in [-0.25, -0.2) is 4.98 Å². The van der Waals surface area contributed by atoms with Crippen molar-refractivity contribution in [3.05, 3.63) is 199 Å². The molecule has 0 aliphatic carbocycles. The van der Waals surface area contributed by atoms with E-state index in [0.717, 1.165) is 94.7 Å². The Bertz CT molecular complexity index is 4650. The van der Waals surface area contributed by atoms with Crippen LogP contribution in [0.2, 0.25) is 76.6 Å². The first-order valence-electron chi connectivity index (χ1n) is 32.6. The van der Waals surface area contributed by atoms with Gasteiger partial charge in [0.2, 0.25) is 0 Å². The van der Waals surface area contributed by atoms with Crippen molar-refractivity contribution >= 4 is 85.9 Å². The van der Waals surface area contributed by atoms with Gasteiger partial charge in [-0.05, 0) is 84.6 Å². The summed E-state index contributed by atoms with van der Waals surface area (Å²) >= 11 is 0. The number of nitrogens with zero attached hydrogens (tertiary/aromatic N) is 4. The zero-order chi connectivity index (χ0) is 63.4. The third-order valence-electron chi connectivity index (χ3n) is 18.2. The van der Waals surface area contributed by atoms with E-state index in [-0.39, 0.29) is 56.1 Å². The summed E-state index contributed by atoms with van der Waals surface area (Å²) in [6.45, 7) is 31.7. The van der Waals surface area contributed by atoms with E-state index in [1.54, 1.807) is 0 Å². The maximum absolute atomic E-state index is 10.4. The summed E-state index contributed by atoms with van der Waals surface area (Å²) in [7, 11) is -8.91. The quantitative estimate of drug-likeness (QED) is 0.0863. The Balaban J connectivity index is 0.00000785. The Morgan fingerprint density at radius 3 is 1.71 bits per heavy atom. The zero-order valence-corrected chi connectivity index (χ0v) is 57.3. The van der Waals surface area contributed by atoms with Crippen LogP contribution in [0.25, 0.3) is 83.4 Å². The van der Waals surface area contributed by atoms with Crippen LogP contribution >= 0.6 is 0 Å². The molecule has 13 rings (SSSR count). The molecule has 0 spiro atoms. The Morgan fingerprint density at radius 2 is 1.10 bits per heavy atom. The summed E-state index contributed by atoms with van der Waals surface area (Å²) in [6.07, 6.45) is 5.64. The number of imidazole rings is 1. The number of ether oxygens (including phenoxy) is 1. The van der Waals surface area contributed by atoms with Gasteiger partial charge in [0.1, 0.15) is 5.82 Å². The van der Waals surface area contributed by atoms with E-state index in [1.807, 2.05) is 82.1 Å². The molecule has 10 heteroatoms. The molecule has 0 unspecified atom stereocenters. The average Bonchev–Trinajstić information content (AvgIpc) is 0.829. The molecule has 2 aliphatic heterocycles. The third-order valence-corrected chi connectivity index (χ3v) is 32.6. The van der Waals surface area contributed by atoms with Crippen LogP contribution < -0.4 is 30.1 Å². The molecule has 3 aromatic heterocycles. The van der Waals surface area contributed by atoms with Crippen molar-refractivity contribution in [2.45, 2.75) is 129 Å². The Morgan fingerprint density at radius 1 is 0.524 bits per heavy atom. The maximum atomic E-state index is 10.4. The number of para-hydroxylation sites is 3. The minimum Gasteiger partial charge on any atom is -0.510 e. The van der Waals surface area contributed by atoms with Crippen molar-refractivity contribution in [1.82, 2.24) is 14.1 Å². The summed E-state index contributed by atoms with van der Waals surface area (Å²) in [5.74, 6) is 1.74. The summed E-state index contributed by atoms with van der Waals surface area (Å²) in [4.78, 5) is 4.98. The smallest absolute Gasteiger partial charge is 0.268 e. The fourth-order valence-electron chi connectivity index (χ4n) is 12.8. The summed E-state index contributed by atoms with van der Waals surface area (Å²) in [6, 6.07) is 56.0. The second kappa shape index (κ2) is 20.9. The molecule has 5 heterocycles. The molecule has 0 saturated carbocycles. The van der Waals surface area contributed by atoms with Crippen molar-refractivity contribution in [2.75, 3.05) is 0 Å². The molecule has 5 nitrogen and oxygen atoms in total. The first-order valence-corrected chi connectivity index (χ1v) is 42.4. The second-order valence-corrected chi connectivity index (χ2v) is 47.2. The van der Waals surface area contributed by atoms with Crippen molar-refractivity contribution < 1.29 is 38.6 Å². The van der Waals surface area contributed by atoms with Crippen LogP contribution in [0.15, 0.2) is 170 Å². The topological polar surface area (TPSA) is 35.9 Å². The van der Waals surface area contributed by atoms with Gasteiger partial charge in [-0.15, -0.1) is 29.7 Å². The van der Waals surface area contributed by atoms with Crippen LogP contribution in [0.1, 0.15) is 60.9 Å². The molecule has 0 saturated heterocycles. The largest absolute Gasteiger partial charge is 0.510 e. The van der Waals surface area contributed by atoms with E-state index in [4.69, 9.17) is 9.72 Å². The zero-order valence-electron chi connectivity index (χ0n) is 57.0. The van der Waals surface area contributed by atoms with E-state index in [1.165, 1.54) is 11.1 Å². The van der Waals surface area contributed by atoms with Crippen molar-refractivity contribution in [1.29, 1.82) is 0 Å². The standard InChI is InChI=1S/C74H78N4OSi4.Pt/c1-73(2,3)54-30-25-50(26-31-54)51-27-34-63-62(43-51)61-33-32-58(48-66(61)78(63)71-46-55(37-38-75-71)74(4,5)6)79-57-20-17-19-56(47-57)76-49-77(65-24-16-15-23-64(65)76)72-59(52-28-35-67-69(44-52)82(11,12)41-39-80(67,7)8)21-18-22-60(72)53-29-36-68-70(45-53)83(13,14)42-40-81(68,9)10;/h15-38,43-46H,39-42H2,1-14H3;/q-2;/i28D,29D,35D,36D,44D,45D;. The van der Waals surface area contributed by atoms with Crippen LogP contribution in [0.4, 0.5) is 0 Å². The number of hydrogen-bond donors (Lipinski definition) is 0. The van der Waals surface area contributed by atoms with E-state index in [9.17, 15) is 8.22 Å². The van der Waals surface area contributed by atoms with Crippen LogP contribution in [0, 0.1) is 18.5 Å². The molecule has 8 aromatic carbocycles. The van der Waals surface area contributed by atoms with Gasteiger partial charge in [0.25, 0.3) is 6.33 Å². The van der Waals surface area contributed by atoms with Gasteiger partial charge in [0.05, 0.1) is 57.2 Å². The van der Waals surface area contributed by atoms with Gasteiger partial charge in [-0.3, -0.25) is 4.57 Å². The first-order chi connectivity index (χ1) is 41.9. The van der Waals surface area contributed by atoms with Crippen LogP contribution in [0.3, 0.4) is 0 Å². The Hall–Kier alpha value is -6.46. The van der Waals surface area contributed by atoms with Gasteiger partial charge in [-0.1, -0.05) is 259 Å². The fourth-order valence-corrected chi connectivity index (χ4v) is 32.5. The predicted molar refractivity (Wildman–Crippen MR) is 361 cm³/mol. The molecular formula is C74H78N4OPtSi4-2. The van der Waals surface area contributed by atoms with Crippen LogP contribution in [-0.4, -0.2) is 46.4 Å². The van der Waals surface area contributed by atoms with Gasteiger partial charge >= 0.3 is 0 Å². The number of hydrogen-bond acceptors (Lipinski definition) is 2. The van der Waals surface area contributed by atoms with Crippen molar-refractivity contribution in [2.24, 2.45) is 0 Å². The monoisotopic (exact) mass is 1350 g/mol. The average molecular weight is 1350 g/mol. The number of rotatable bonds is 8. The van der Waals surface area contributed by atoms with Crippen LogP contribution in [0.5, 0.6) is 11.5 Å². The summed E-state index contributed by atoms with van der Waals surface area (Å²) < 4.78 is 73.5. The molecule has 84 heavy (non-hydrogen) atoms. The molecule has 0 amide bonds. The molecule has 11 aromatic rings. The second-order valence-electron chi connectivity index (χ2n) is 28.1. The first kappa shape index (κ1) is 50.8. The normalized spacial score (nSPS) is 17.1. The molecule has 428 valence electrons. The number of aromatic nitrogens is 4. The molecule has 2 aliphatic rings. The summed E-state index contributed by atoms with van der Waals surface area (Å²) in [5.41, 5.74) is 11.0. The SMILES string of the molecule is [2H]c1c([2H])c2c(c([2H])c1-c1cccc(-c3c([2H])c([2H])c4c(c3[2H])[Si](C)(C)CC[Si]4(C)C)c1-[n+]1[c-]n(-c3[c-]c(Oc4[c-]c5c(cc4)c4cc(-c6ccc(C(C)(C)C)cc6)ccc4n5-c4cc(C(C)(C)C)ccn4)ccc3)c3ccccc31)[Si](C)(C)CC[Si]2(C)C.[Pt]. The molecule has 0 fully saturated rings. The number of pyridine rings is 1. The van der Waals surface area contributed by atoms with Crippen molar-refractivity contribution in [3.63, 3.8) is 0 Å². The van der Waals surface area contributed by atoms with E-state index in [0.29, 0.717) is 57.2 Å². The number of benzene rings is 8. The minimum absolute atomic E-state index is 0. The van der Waals surface area contributed by atoms with Crippen LogP contribution in [-0.2, 0) is 31.9 Å². The van der Waals surface area contributed by atoms with E-state index >= 15 is 0 Å². The fraction of sp³-hybridized carbons (Fsp3) is 0.270. The molecule has 0 bridgehead atoms. The minimum atomic E-state index is -2.27. The predicted octanol–water partition coefficient (Wildman–Crippen LogP) is 16.9.